The van der Waals surface area contributed by atoms with Crippen LogP contribution in [0.4, 0.5) is 48.9 Å². The number of aromatic amines is 1. The Labute approximate surface area is 741 Å². The Morgan fingerprint density at radius 1 is 0.508 bits per heavy atom. The number of carbonyl (C=O) groups excluding carboxylic acids is 4. The molecule has 0 saturated carbocycles. The molecular weight excluding hydrogens is 1780 g/mol. The number of benzene rings is 2. The van der Waals surface area contributed by atoms with Gasteiger partial charge >= 0.3 is 11.9 Å². The molecular formula is C78H99BBrCl4F2N16O22. The number of nitro groups is 2. The van der Waals surface area contributed by atoms with Crippen LogP contribution in [0.3, 0.4) is 0 Å². The molecule has 0 saturated heterocycles. The number of H-pyrrole nitrogens is 1. The molecule has 0 aliphatic carbocycles. The number of alkyl halides is 1. The molecule has 0 aliphatic rings. The second kappa shape index (κ2) is 56.2. The highest BCUT2D eigenvalue weighted by molar-refractivity contribution is 9.09. The first kappa shape index (κ1) is 112. The fourth-order valence-electron chi connectivity index (χ4n) is 8.98. The number of esters is 2. The van der Waals surface area contributed by atoms with Crippen molar-refractivity contribution in [2.75, 3.05) is 102 Å². The van der Waals surface area contributed by atoms with E-state index in [4.69, 9.17) is 101 Å². The maximum atomic E-state index is 13.9. The number of nitrogens with two attached hydrogens (primary N) is 3. The third kappa shape index (κ3) is 39.7. The van der Waals surface area contributed by atoms with Gasteiger partial charge in [-0.05, 0) is 97.9 Å². The Hall–Kier alpha value is -11.6. The summed E-state index contributed by atoms with van der Waals surface area (Å²) in [5, 5.41) is 41.7. The van der Waals surface area contributed by atoms with E-state index >= 15 is 0 Å². The minimum Gasteiger partial charge on any atom is -0.482 e. The number of amides is 2. The zero-order chi connectivity index (χ0) is 91.0. The number of rotatable bonds is 26. The molecule has 0 bridgehead atoms. The van der Waals surface area contributed by atoms with Gasteiger partial charge < -0.3 is 93.7 Å². The number of hydrogen-bond donors (Lipinski definition) is 6. The van der Waals surface area contributed by atoms with Crippen LogP contribution in [0, 0.1) is 31.9 Å². The van der Waals surface area contributed by atoms with Gasteiger partial charge in [-0.25, -0.2) is 18.4 Å². The van der Waals surface area contributed by atoms with E-state index in [0.29, 0.717) is 69.7 Å². The van der Waals surface area contributed by atoms with Crippen molar-refractivity contribution in [3.63, 3.8) is 0 Å². The minimum absolute atomic E-state index is 0. The van der Waals surface area contributed by atoms with Gasteiger partial charge in [0.25, 0.3) is 45.4 Å². The molecule has 2 unspecified atom stereocenters. The monoisotopic (exact) mass is 1880 g/mol. The summed E-state index contributed by atoms with van der Waals surface area (Å²) in [4.78, 5) is 126. The largest absolute Gasteiger partial charge is 0.482 e. The Morgan fingerprint density at radius 2 is 0.847 bits per heavy atom. The number of methoxy groups -OCH3 is 5. The van der Waals surface area contributed by atoms with Crippen molar-refractivity contribution in [2.45, 2.75) is 120 Å². The predicted molar refractivity (Wildman–Crippen MR) is 471 cm³/mol. The second-order valence-corrected chi connectivity index (χ2v) is 28.7. The highest BCUT2D eigenvalue weighted by Crippen LogP contribution is 2.38. The second-order valence-electron chi connectivity index (χ2n) is 26.3. The van der Waals surface area contributed by atoms with E-state index < -0.39 is 68.6 Å². The Kier molecular flexibility index (Phi) is 51.0. The van der Waals surface area contributed by atoms with Crippen LogP contribution in [0.15, 0.2) is 152 Å². The fourth-order valence-corrected chi connectivity index (χ4v) is 10.7. The quantitative estimate of drug-likeness (QED) is 0.00558. The lowest BCUT2D eigenvalue weighted by molar-refractivity contribution is -0.385. The van der Waals surface area contributed by atoms with E-state index in [1.807, 2.05) is 0 Å². The summed E-state index contributed by atoms with van der Waals surface area (Å²) < 4.78 is 78.7. The van der Waals surface area contributed by atoms with Gasteiger partial charge in [0.2, 0.25) is 5.56 Å². The van der Waals surface area contributed by atoms with Crippen molar-refractivity contribution < 1.29 is 80.4 Å². The molecule has 675 valence electrons. The van der Waals surface area contributed by atoms with E-state index in [2.05, 4.69) is 56.7 Å². The van der Waals surface area contributed by atoms with E-state index in [9.17, 15) is 72.2 Å². The van der Waals surface area contributed by atoms with Crippen LogP contribution >= 0.6 is 62.3 Å². The number of hydrogen-bond acceptors (Lipinski definition) is 29. The standard InChI is InChI=1S/2C21H20Cl2FN5O4.C10H18O4.C8H10N2O4.C8H12N2O2.C5H4N2O3.C3H7BrO.2CH4.B/c2*1-11(18-13(22)4-5-14(24)19(18)23)33-16-9-15(27-28-20(16)25)21(31)26-12-3-6-17(30)29(10-12)7-8-32-2;1-9(2,3)13-7(11)8(12)14-10(4,5)6;1-14-5-4-9-6-7(10(12)13)2-3-8(9)11;1-12-5-4-10-6-7(9)2-3-8(10)11;8-5-2-1-4(3-6-5)7(9)10;1-5-3-2-4;;;/h2*3-6,9-11H,7-8H2,1-2H3,(H2,25,28)(H,26,31);1-6H3;2-3,6H,4-5H2,1H3;2-3,6H,4-5,9H2,1H3;1-3H,(H,6,8);2-3H2,1H3;2*1H4;. The van der Waals surface area contributed by atoms with Crippen LogP contribution in [0.25, 0.3) is 0 Å². The third-order valence-electron chi connectivity index (χ3n) is 14.7. The summed E-state index contributed by atoms with van der Waals surface area (Å²) in [6, 6.07) is 20.8. The molecule has 9 aromatic rings. The number of anilines is 5. The SMILES string of the molecule is C.C.CC(C)(C)OC(=O)C(=O)OC(C)(C)C.COCCBr.COCCn1cc(N)ccc1=O.COCCn1cc(NC(=O)c2cc(OC(C)c3c(Cl)ccc(F)c3Cl)c(N)nn2)ccc1=O.COCCn1cc(NC(=O)c2cc(OC(C)c3c(Cl)ccc(F)c3Cl)c(N)nn2)ccc1=O.COCCn1cc([N+](=O)[O-])ccc1=O.O=c1ccc([N+](=O)[O-])c[nH]1.[B]. The molecule has 3 radical (unpaired) electrons. The lowest BCUT2D eigenvalue weighted by atomic mass is 10.1. The predicted octanol–water partition coefficient (Wildman–Crippen LogP) is 11.8. The molecule has 2 amide bonds. The zero-order valence-electron chi connectivity index (χ0n) is 68.3. The van der Waals surface area contributed by atoms with E-state index in [1.54, 1.807) is 81.9 Å². The molecule has 0 spiro atoms. The van der Waals surface area contributed by atoms with Gasteiger partial charge in [0.1, 0.15) is 35.0 Å². The average Bonchev–Trinajstić information content (AvgIpc) is 0.813. The Morgan fingerprint density at radius 3 is 1.17 bits per heavy atom. The van der Waals surface area contributed by atoms with Gasteiger partial charge in [0, 0.05) is 176 Å². The molecule has 7 heterocycles. The van der Waals surface area contributed by atoms with Crippen LogP contribution in [-0.2, 0) is 68.9 Å². The van der Waals surface area contributed by atoms with Crippen molar-refractivity contribution >= 4 is 135 Å². The van der Waals surface area contributed by atoms with E-state index in [1.165, 1.54) is 125 Å². The average molecular weight is 1880 g/mol. The van der Waals surface area contributed by atoms with Gasteiger partial charge in [0.05, 0.1) is 76.7 Å². The summed E-state index contributed by atoms with van der Waals surface area (Å²) in [5.41, 5.74) is 16.0. The van der Waals surface area contributed by atoms with Crippen molar-refractivity contribution in [1.82, 2.24) is 43.6 Å². The Balaban J connectivity index is 0.00000153. The number of aromatic nitrogens is 9. The number of nitrogen functional groups attached to an aromatic ring is 3. The van der Waals surface area contributed by atoms with Gasteiger partial charge in [-0.3, -0.25) is 53.8 Å². The molecule has 7 aromatic heterocycles. The first-order valence-corrected chi connectivity index (χ1v) is 38.1. The van der Waals surface area contributed by atoms with E-state index in [-0.39, 0.29) is 128 Å². The number of pyridine rings is 5. The summed E-state index contributed by atoms with van der Waals surface area (Å²) in [6.07, 6.45) is 5.22. The fraction of sp³-hybridized carbons (Fsp3) is 0.372. The van der Waals surface area contributed by atoms with Gasteiger partial charge in [-0.1, -0.05) is 77.2 Å². The molecule has 2 atom stereocenters. The third-order valence-corrected chi connectivity index (χ3v) is 16.4. The number of nitrogens with zero attached hydrogens (tertiary/aromatic N) is 10. The van der Waals surface area contributed by atoms with Gasteiger partial charge in [0.15, 0.2) is 34.5 Å². The highest BCUT2D eigenvalue weighted by atomic mass is 79.9. The maximum absolute atomic E-state index is 13.9. The lowest BCUT2D eigenvalue weighted by Crippen LogP contribution is -2.34. The molecule has 9 N–H and O–H groups in total. The van der Waals surface area contributed by atoms with Crippen LogP contribution < -0.4 is 65.1 Å². The summed E-state index contributed by atoms with van der Waals surface area (Å²) in [6.45, 7) is 17.2. The first-order chi connectivity index (χ1) is 56.9. The van der Waals surface area contributed by atoms with Crippen LogP contribution in [0.5, 0.6) is 11.5 Å². The molecule has 2 aromatic carbocycles. The summed E-state index contributed by atoms with van der Waals surface area (Å²) in [7, 11) is 7.82. The molecule has 0 fully saturated rings. The lowest BCUT2D eigenvalue weighted by Gasteiger charge is -2.22. The number of ether oxygens (including phenoxy) is 9. The van der Waals surface area contributed by atoms with Gasteiger partial charge in [-0.15, -0.1) is 20.4 Å². The Bertz CT molecular complexity index is 5060. The van der Waals surface area contributed by atoms with Crippen LogP contribution in [0.2, 0.25) is 20.1 Å². The zero-order valence-corrected chi connectivity index (χ0v) is 72.9. The van der Waals surface area contributed by atoms with Crippen molar-refractivity contribution in [3.8, 4) is 11.5 Å². The minimum atomic E-state index is -0.951. The molecule has 9 rings (SSSR count). The van der Waals surface area contributed by atoms with Gasteiger partial charge in [-0.2, -0.15) is 0 Å². The summed E-state index contributed by atoms with van der Waals surface area (Å²) >= 11 is 27.5. The molecule has 38 nitrogen and oxygen atoms in total. The topological polar surface area (TPSA) is 512 Å². The van der Waals surface area contributed by atoms with Crippen molar-refractivity contribution in [3.05, 3.63) is 254 Å². The van der Waals surface area contributed by atoms with Crippen molar-refractivity contribution in [1.29, 1.82) is 0 Å². The van der Waals surface area contributed by atoms with E-state index in [0.717, 1.165) is 42.4 Å². The van der Waals surface area contributed by atoms with Crippen LogP contribution in [0.1, 0.15) is 115 Å². The van der Waals surface area contributed by atoms with Crippen molar-refractivity contribution in [2.24, 2.45) is 0 Å². The highest BCUT2D eigenvalue weighted by Gasteiger charge is 2.29. The number of carbonyl (C=O) groups is 4. The van der Waals surface area contributed by atoms with Crippen LogP contribution in [-0.4, -0.2) is 171 Å². The molecule has 124 heavy (non-hydrogen) atoms. The smallest absolute Gasteiger partial charge is 0.418 e. The molecule has 46 heteroatoms. The number of halogens is 7. The maximum Gasteiger partial charge on any atom is 0.418 e. The number of nitrogens with one attached hydrogen (secondary N) is 3. The molecule has 0 aliphatic heterocycles. The summed E-state index contributed by atoms with van der Waals surface area (Å²) in [5.74, 6) is -4.55. The first-order valence-electron chi connectivity index (χ1n) is 35.4. The normalized spacial score (nSPS) is 10.8.